The van der Waals surface area contributed by atoms with Crippen LogP contribution in [0, 0.1) is 0 Å². The van der Waals surface area contributed by atoms with Gasteiger partial charge in [0.15, 0.2) is 11.5 Å². The van der Waals surface area contributed by atoms with Gasteiger partial charge in [0.05, 0.1) is 14.2 Å². The van der Waals surface area contributed by atoms with Crippen molar-refractivity contribution in [1.29, 1.82) is 0 Å². The van der Waals surface area contributed by atoms with E-state index in [4.69, 9.17) is 9.47 Å². The van der Waals surface area contributed by atoms with Crippen molar-refractivity contribution in [2.75, 3.05) is 27.3 Å². The molecule has 5 rings (SSSR count). The molecule has 3 aromatic rings. The standard InChI is InChI=1S/C17H16F3NO.C12H15NO3/c18-17(19,20)22-16-8-4-3-7-15(16)12-21-10-9-13-5-1-2-6-14(13)11-21;1-15-11-5-9-3-4-13(8-14)7-10(9)6-12(11)16-2/h1-8H,9-12H2;5-6,8H,3-4,7H2,1-2H3. The van der Waals surface area contributed by atoms with Gasteiger partial charge in [-0.1, -0.05) is 42.5 Å². The molecule has 9 heteroatoms. The highest BCUT2D eigenvalue weighted by molar-refractivity contribution is 5.53. The molecule has 0 radical (unpaired) electrons. The smallest absolute Gasteiger partial charge is 0.493 e. The highest BCUT2D eigenvalue weighted by atomic mass is 19.4. The van der Waals surface area contributed by atoms with E-state index in [1.165, 1.54) is 22.8 Å². The second-order valence-electron chi connectivity index (χ2n) is 9.19. The lowest BCUT2D eigenvalue weighted by Gasteiger charge is -2.29. The Morgan fingerprint density at radius 3 is 2.11 bits per heavy atom. The largest absolute Gasteiger partial charge is 0.573 e. The number of alkyl halides is 3. The zero-order chi connectivity index (χ0) is 27.1. The Morgan fingerprint density at radius 1 is 0.789 bits per heavy atom. The molecule has 202 valence electrons. The van der Waals surface area contributed by atoms with Gasteiger partial charge in [-0.25, -0.2) is 0 Å². The molecule has 6 nitrogen and oxygen atoms in total. The molecule has 0 bridgehead atoms. The second-order valence-corrected chi connectivity index (χ2v) is 9.19. The maximum absolute atomic E-state index is 12.5. The van der Waals surface area contributed by atoms with Gasteiger partial charge in [0.2, 0.25) is 6.41 Å². The minimum atomic E-state index is -4.66. The minimum Gasteiger partial charge on any atom is -0.493 e. The van der Waals surface area contributed by atoms with Crippen LogP contribution in [-0.2, 0) is 37.3 Å². The number of carbonyl (C=O) groups is 1. The van der Waals surface area contributed by atoms with E-state index < -0.39 is 6.36 Å². The number of carbonyl (C=O) groups excluding carboxylic acids is 1. The molecule has 1 amide bonds. The Labute approximate surface area is 220 Å². The lowest BCUT2D eigenvalue weighted by molar-refractivity contribution is -0.275. The number of methoxy groups -OCH3 is 2. The molecule has 0 aliphatic carbocycles. The van der Waals surface area contributed by atoms with Gasteiger partial charge in [-0.15, -0.1) is 13.2 Å². The quantitative estimate of drug-likeness (QED) is 0.403. The highest BCUT2D eigenvalue weighted by Gasteiger charge is 2.32. The number of para-hydroxylation sites is 1. The molecule has 0 spiro atoms. The van der Waals surface area contributed by atoms with Crippen molar-refractivity contribution in [1.82, 2.24) is 9.80 Å². The third-order valence-corrected chi connectivity index (χ3v) is 6.70. The third-order valence-electron chi connectivity index (χ3n) is 6.70. The average molecular weight is 529 g/mol. The first-order chi connectivity index (χ1) is 18.3. The van der Waals surface area contributed by atoms with Crippen molar-refractivity contribution in [2.24, 2.45) is 0 Å². The molecule has 0 N–H and O–H groups in total. The fraction of sp³-hybridized carbons (Fsp3) is 0.345. The summed E-state index contributed by atoms with van der Waals surface area (Å²) in [6.07, 6.45) is -1.99. The maximum Gasteiger partial charge on any atom is 0.573 e. The van der Waals surface area contributed by atoms with Crippen molar-refractivity contribution in [3.8, 4) is 17.2 Å². The SMILES string of the molecule is COc1cc2c(cc1OC)CN(C=O)CC2.FC(F)(F)Oc1ccccc1CN1CCc2ccccc2C1. The van der Waals surface area contributed by atoms with Crippen LogP contribution in [0.25, 0.3) is 0 Å². The van der Waals surface area contributed by atoms with E-state index in [9.17, 15) is 18.0 Å². The molecule has 2 aliphatic heterocycles. The molecular formula is C29H31F3N2O4. The van der Waals surface area contributed by atoms with Crippen LogP contribution in [0.15, 0.2) is 60.7 Å². The molecule has 3 aromatic carbocycles. The Bertz CT molecular complexity index is 1250. The summed E-state index contributed by atoms with van der Waals surface area (Å²) >= 11 is 0. The van der Waals surface area contributed by atoms with Crippen LogP contribution in [0.5, 0.6) is 17.2 Å². The zero-order valence-corrected chi connectivity index (χ0v) is 21.5. The Kier molecular flexibility index (Phi) is 8.78. The van der Waals surface area contributed by atoms with Gasteiger partial charge in [0.1, 0.15) is 5.75 Å². The van der Waals surface area contributed by atoms with E-state index in [1.807, 2.05) is 24.3 Å². The van der Waals surface area contributed by atoms with E-state index in [-0.39, 0.29) is 5.75 Å². The first-order valence-electron chi connectivity index (χ1n) is 12.4. The van der Waals surface area contributed by atoms with E-state index in [2.05, 4.69) is 21.8 Å². The summed E-state index contributed by atoms with van der Waals surface area (Å²) in [5, 5.41) is 0. The zero-order valence-electron chi connectivity index (χ0n) is 21.5. The number of benzene rings is 3. The number of amides is 1. The molecule has 0 fully saturated rings. The van der Waals surface area contributed by atoms with Crippen molar-refractivity contribution in [3.63, 3.8) is 0 Å². The number of nitrogens with zero attached hydrogens (tertiary/aromatic N) is 2. The van der Waals surface area contributed by atoms with Crippen molar-refractivity contribution >= 4 is 6.41 Å². The van der Waals surface area contributed by atoms with Crippen LogP contribution >= 0.6 is 0 Å². The Balaban J connectivity index is 0.000000186. The summed E-state index contributed by atoms with van der Waals surface area (Å²) in [6.45, 7) is 3.44. The van der Waals surface area contributed by atoms with E-state index in [1.54, 1.807) is 37.3 Å². The fourth-order valence-electron chi connectivity index (χ4n) is 4.78. The number of rotatable bonds is 6. The summed E-state index contributed by atoms with van der Waals surface area (Å²) in [7, 11) is 3.25. The molecule has 38 heavy (non-hydrogen) atoms. The molecule has 0 unspecified atom stereocenters. The van der Waals surface area contributed by atoms with Crippen LogP contribution in [0.1, 0.15) is 27.8 Å². The molecule has 2 heterocycles. The molecule has 0 saturated heterocycles. The third kappa shape index (κ3) is 6.98. The van der Waals surface area contributed by atoms with Crippen LogP contribution in [-0.4, -0.2) is 49.9 Å². The number of fused-ring (bicyclic) bond motifs is 2. The summed E-state index contributed by atoms with van der Waals surface area (Å²) in [6, 6.07) is 18.5. The van der Waals surface area contributed by atoms with Gasteiger partial charge in [0.25, 0.3) is 0 Å². The van der Waals surface area contributed by atoms with Crippen molar-refractivity contribution in [3.05, 3.63) is 88.5 Å². The molecule has 2 aliphatic rings. The summed E-state index contributed by atoms with van der Waals surface area (Å²) < 4.78 is 52.0. The maximum atomic E-state index is 12.5. The average Bonchev–Trinajstić information content (AvgIpc) is 2.92. The van der Waals surface area contributed by atoms with Gasteiger partial charge in [-0.05, 0) is 53.3 Å². The lowest BCUT2D eigenvalue weighted by Crippen LogP contribution is -2.30. The van der Waals surface area contributed by atoms with Crippen LogP contribution in [0.3, 0.4) is 0 Å². The topological polar surface area (TPSA) is 51.2 Å². The van der Waals surface area contributed by atoms with E-state index in [0.717, 1.165) is 50.2 Å². The van der Waals surface area contributed by atoms with Gasteiger partial charge >= 0.3 is 6.36 Å². The fourth-order valence-corrected chi connectivity index (χ4v) is 4.78. The van der Waals surface area contributed by atoms with Gasteiger partial charge in [-0.3, -0.25) is 9.69 Å². The lowest BCUT2D eigenvalue weighted by atomic mass is 9.99. The normalized spacial score (nSPS) is 14.9. The number of hydrogen-bond acceptors (Lipinski definition) is 5. The summed E-state index contributed by atoms with van der Waals surface area (Å²) in [5.74, 6) is 1.35. The molecule has 0 aromatic heterocycles. The predicted molar refractivity (Wildman–Crippen MR) is 137 cm³/mol. The number of ether oxygens (including phenoxy) is 3. The van der Waals surface area contributed by atoms with Gasteiger partial charge < -0.3 is 19.1 Å². The Morgan fingerprint density at radius 2 is 1.42 bits per heavy atom. The summed E-state index contributed by atoms with van der Waals surface area (Å²) in [4.78, 5) is 14.6. The van der Waals surface area contributed by atoms with Gasteiger partial charge in [0, 0.05) is 38.3 Å². The monoisotopic (exact) mass is 528 g/mol. The minimum absolute atomic E-state index is 0.117. The Hall–Kier alpha value is -3.72. The second kappa shape index (κ2) is 12.2. The van der Waals surface area contributed by atoms with Crippen molar-refractivity contribution < 1.29 is 32.2 Å². The van der Waals surface area contributed by atoms with Crippen LogP contribution < -0.4 is 14.2 Å². The summed E-state index contributed by atoms with van der Waals surface area (Å²) in [5.41, 5.74) is 5.48. The molecular weight excluding hydrogens is 497 g/mol. The molecule has 0 atom stereocenters. The van der Waals surface area contributed by atoms with Crippen LogP contribution in [0.2, 0.25) is 0 Å². The number of hydrogen-bond donors (Lipinski definition) is 0. The predicted octanol–water partition coefficient (Wildman–Crippen LogP) is 5.36. The van der Waals surface area contributed by atoms with E-state index >= 15 is 0 Å². The first kappa shape index (κ1) is 27.3. The van der Waals surface area contributed by atoms with E-state index in [0.29, 0.717) is 24.4 Å². The van der Waals surface area contributed by atoms with Gasteiger partial charge in [-0.2, -0.15) is 0 Å². The van der Waals surface area contributed by atoms with Crippen LogP contribution in [0.4, 0.5) is 13.2 Å². The molecule has 0 saturated carbocycles. The van der Waals surface area contributed by atoms with Crippen molar-refractivity contribution in [2.45, 2.75) is 38.8 Å². The first-order valence-corrected chi connectivity index (χ1v) is 12.4. The number of halogens is 3. The highest BCUT2D eigenvalue weighted by Crippen LogP contribution is 2.33.